The van der Waals surface area contributed by atoms with E-state index in [4.69, 9.17) is 23.2 Å². The number of rotatable bonds is 2. The number of amides is 2. The zero-order valence-electron chi connectivity index (χ0n) is 10.6. The first kappa shape index (κ1) is 14.5. The number of benzene rings is 2. The Balaban J connectivity index is 2.13. The number of carbonyl (C=O) groups excluding carboxylic acids is 1. The monoisotopic (exact) mass is 310 g/mol. The Morgan fingerprint density at radius 3 is 2.50 bits per heavy atom. The summed E-state index contributed by atoms with van der Waals surface area (Å²) in [5.41, 5.74) is 1.63. The van der Waals surface area contributed by atoms with Crippen LogP contribution >= 0.6 is 23.2 Å². The van der Waals surface area contributed by atoms with Crippen LogP contribution in [0.15, 0.2) is 36.4 Å². The van der Waals surface area contributed by atoms with E-state index in [1.807, 2.05) is 6.92 Å². The maximum Gasteiger partial charge on any atom is 0.323 e. The molecule has 6 heteroatoms. The van der Waals surface area contributed by atoms with Gasteiger partial charge in [-0.3, -0.25) is 0 Å². The van der Waals surface area contributed by atoms with Gasteiger partial charge < -0.3 is 15.7 Å². The molecule has 0 aliphatic carbocycles. The van der Waals surface area contributed by atoms with E-state index in [-0.39, 0.29) is 5.75 Å². The van der Waals surface area contributed by atoms with Gasteiger partial charge in [0.15, 0.2) is 0 Å². The highest BCUT2D eigenvalue weighted by molar-refractivity contribution is 6.35. The van der Waals surface area contributed by atoms with E-state index in [2.05, 4.69) is 10.6 Å². The number of halogens is 2. The van der Waals surface area contributed by atoms with Crippen molar-refractivity contribution in [3.05, 3.63) is 52.0 Å². The van der Waals surface area contributed by atoms with Crippen LogP contribution in [0.4, 0.5) is 16.2 Å². The van der Waals surface area contributed by atoms with Crippen molar-refractivity contribution in [1.82, 2.24) is 0 Å². The quantitative estimate of drug-likeness (QED) is 0.707. The Labute approximate surface area is 126 Å². The molecular formula is C14H12Cl2N2O2. The van der Waals surface area contributed by atoms with E-state index in [0.29, 0.717) is 21.4 Å². The molecule has 0 saturated heterocycles. The third-order valence-electron chi connectivity index (χ3n) is 2.58. The summed E-state index contributed by atoms with van der Waals surface area (Å²) < 4.78 is 0. The van der Waals surface area contributed by atoms with Crippen LogP contribution in [0.3, 0.4) is 0 Å². The first-order valence-electron chi connectivity index (χ1n) is 5.78. The second-order valence-corrected chi connectivity index (χ2v) is 5.07. The predicted molar refractivity (Wildman–Crippen MR) is 81.9 cm³/mol. The molecule has 104 valence electrons. The fourth-order valence-corrected chi connectivity index (χ4v) is 1.96. The minimum absolute atomic E-state index is 0.0112. The average Bonchev–Trinajstić information content (AvgIpc) is 2.38. The zero-order valence-corrected chi connectivity index (χ0v) is 12.1. The van der Waals surface area contributed by atoms with E-state index in [1.165, 1.54) is 6.07 Å². The molecule has 2 amide bonds. The van der Waals surface area contributed by atoms with Crippen LogP contribution in [0, 0.1) is 6.92 Å². The molecule has 2 aromatic carbocycles. The molecule has 4 nitrogen and oxygen atoms in total. The summed E-state index contributed by atoms with van der Waals surface area (Å²) in [5, 5.41) is 15.6. The van der Waals surface area contributed by atoms with Crippen molar-refractivity contribution >= 4 is 40.6 Å². The third kappa shape index (κ3) is 3.56. The highest BCUT2D eigenvalue weighted by Crippen LogP contribution is 2.27. The van der Waals surface area contributed by atoms with Crippen LogP contribution in [0.2, 0.25) is 10.0 Å². The number of phenolic OH excluding ortho intramolecular Hbond substituents is 1. The molecule has 2 aromatic rings. The molecule has 3 N–H and O–H groups in total. The van der Waals surface area contributed by atoms with Crippen LogP contribution < -0.4 is 10.6 Å². The van der Waals surface area contributed by atoms with Gasteiger partial charge in [0, 0.05) is 5.02 Å². The van der Waals surface area contributed by atoms with Crippen LogP contribution in [0.25, 0.3) is 0 Å². The number of aromatic hydroxyl groups is 1. The lowest BCUT2D eigenvalue weighted by Gasteiger charge is -2.11. The zero-order chi connectivity index (χ0) is 14.7. The normalized spacial score (nSPS) is 10.2. The molecular weight excluding hydrogens is 299 g/mol. The van der Waals surface area contributed by atoms with Gasteiger partial charge in [-0.15, -0.1) is 0 Å². The Morgan fingerprint density at radius 2 is 1.75 bits per heavy atom. The number of nitrogens with one attached hydrogen (secondary N) is 2. The van der Waals surface area contributed by atoms with Gasteiger partial charge in [0.2, 0.25) is 0 Å². The minimum atomic E-state index is -0.518. The Kier molecular flexibility index (Phi) is 4.37. The summed E-state index contributed by atoms with van der Waals surface area (Å²) in [5.74, 6) is -0.0112. The highest BCUT2D eigenvalue weighted by atomic mass is 35.5. The van der Waals surface area contributed by atoms with Gasteiger partial charge >= 0.3 is 6.03 Å². The summed E-state index contributed by atoms with van der Waals surface area (Å²) in [6.07, 6.45) is 0. The van der Waals surface area contributed by atoms with Gasteiger partial charge in [-0.25, -0.2) is 4.79 Å². The maximum absolute atomic E-state index is 11.9. The molecule has 0 unspecified atom stereocenters. The molecule has 0 heterocycles. The van der Waals surface area contributed by atoms with Crippen LogP contribution in [0.1, 0.15) is 5.56 Å². The Bertz CT molecular complexity index is 604. The van der Waals surface area contributed by atoms with Crippen LogP contribution in [-0.2, 0) is 0 Å². The summed E-state index contributed by atoms with van der Waals surface area (Å²) in [7, 11) is 0. The largest absolute Gasteiger partial charge is 0.506 e. The summed E-state index contributed by atoms with van der Waals surface area (Å²) in [6, 6.07) is 9.15. The van der Waals surface area contributed by atoms with E-state index in [0.717, 1.165) is 5.56 Å². The highest BCUT2D eigenvalue weighted by Gasteiger charge is 2.09. The number of carbonyl (C=O) groups is 1. The number of phenols is 1. The number of anilines is 2. The van der Waals surface area contributed by atoms with Crippen molar-refractivity contribution in [1.29, 1.82) is 0 Å². The molecule has 0 aromatic heterocycles. The van der Waals surface area contributed by atoms with E-state index >= 15 is 0 Å². The van der Waals surface area contributed by atoms with Gasteiger partial charge in [0.25, 0.3) is 0 Å². The first-order valence-corrected chi connectivity index (χ1v) is 6.54. The van der Waals surface area contributed by atoms with Crippen LogP contribution in [-0.4, -0.2) is 11.1 Å². The summed E-state index contributed by atoms with van der Waals surface area (Å²) in [6.45, 7) is 1.86. The Morgan fingerprint density at radius 1 is 1.05 bits per heavy atom. The second kappa shape index (κ2) is 6.03. The molecule has 0 aliphatic rings. The molecule has 20 heavy (non-hydrogen) atoms. The van der Waals surface area contributed by atoms with Gasteiger partial charge in [0.1, 0.15) is 5.75 Å². The number of hydrogen-bond acceptors (Lipinski definition) is 2. The fraction of sp³-hybridized carbons (Fsp3) is 0.0714. The van der Waals surface area contributed by atoms with Crippen molar-refractivity contribution in [3.63, 3.8) is 0 Å². The lowest BCUT2D eigenvalue weighted by molar-refractivity contribution is 0.262. The smallest absolute Gasteiger partial charge is 0.323 e. The Hall–Kier alpha value is -1.91. The summed E-state index contributed by atoms with van der Waals surface area (Å²) in [4.78, 5) is 11.9. The topological polar surface area (TPSA) is 61.4 Å². The molecule has 2 rings (SSSR count). The number of hydrogen-bond donors (Lipinski definition) is 3. The van der Waals surface area contributed by atoms with Crippen LogP contribution in [0.5, 0.6) is 5.75 Å². The van der Waals surface area contributed by atoms with E-state index in [1.54, 1.807) is 30.3 Å². The van der Waals surface area contributed by atoms with Crippen molar-refractivity contribution in [2.75, 3.05) is 10.6 Å². The molecule has 0 atom stereocenters. The SMILES string of the molecule is Cc1ccc(O)c(NC(=O)Nc2cc(Cl)ccc2Cl)c1. The lowest BCUT2D eigenvalue weighted by atomic mass is 10.2. The van der Waals surface area contributed by atoms with Gasteiger partial charge in [-0.05, 0) is 42.8 Å². The molecule has 0 spiro atoms. The summed E-state index contributed by atoms with van der Waals surface area (Å²) >= 11 is 11.8. The first-order chi connectivity index (χ1) is 9.45. The standard InChI is InChI=1S/C14H12Cl2N2O2/c1-8-2-5-13(19)12(6-8)18-14(20)17-11-7-9(15)3-4-10(11)16/h2-7,19H,1H3,(H2,17,18,20). The molecule has 0 fully saturated rings. The number of aryl methyl sites for hydroxylation is 1. The third-order valence-corrected chi connectivity index (χ3v) is 3.14. The van der Waals surface area contributed by atoms with E-state index < -0.39 is 6.03 Å². The van der Waals surface area contributed by atoms with Crippen molar-refractivity contribution in [2.45, 2.75) is 6.92 Å². The van der Waals surface area contributed by atoms with Crippen molar-refractivity contribution in [2.24, 2.45) is 0 Å². The van der Waals surface area contributed by atoms with Gasteiger partial charge in [-0.2, -0.15) is 0 Å². The minimum Gasteiger partial charge on any atom is -0.506 e. The average molecular weight is 311 g/mol. The molecule has 0 bridgehead atoms. The van der Waals surface area contributed by atoms with E-state index in [9.17, 15) is 9.90 Å². The predicted octanol–water partition coefficient (Wildman–Crippen LogP) is 4.65. The molecule has 0 saturated carbocycles. The van der Waals surface area contributed by atoms with Crippen molar-refractivity contribution < 1.29 is 9.90 Å². The lowest BCUT2D eigenvalue weighted by Crippen LogP contribution is -2.19. The number of urea groups is 1. The molecule has 0 radical (unpaired) electrons. The second-order valence-electron chi connectivity index (χ2n) is 4.22. The maximum atomic E-state index is 11.9. The van der Waals surface area contributed by atoms with Crippen molar-refractivity contribution in [3.8, 4) is 5.75 Å². The fourth-order valence-electron chi connectivity index (χ4n) is 1.62. The van der Waals surface area contributed by atoms with Gasteiger partial charge in [0.05, 0.1) is 16.4 Å². The van der Waals surface area contributed by atoms with Gasteiger partial charge in [-0.1, -0.05) is 29.3 Å². The molecule has 0 aliphatic heterocycles.